The second kappa shape index (κ2) is 21.2. The molecule has 218 valence electrons. The highest BCUT2D eigenvalue weighted by atomic mass is 16.6. The van der Waals surface area contributed by atoms with Crippen LogP contribution in [0.5, 0.6) is 23.0 Å². The Balaban J connectivity index is 1.44. The Labute approximate surface area is 235 Å². The van der Waals surface area contributed by atoms with E-state index in [-0.39, 0.29) is 13.2 Å². The number of carbonyl (C=O) groups excluding carboxylic acids is 2. The molecule has 0 N–H and O–H groups in total. The van der Waals surface area contributed by atoms with Gasteiger partial charge in [0.1, 0.15) is 26.4 Å². The number of ether oxygens (including phenoxy) is 8. The Morgan fingerprint density at radius 2 is 0.850 bits per heavy atom. The normalized spacial score (nSPS) is 10.5. The van der Waals surface area contributed by atoms with Crippen molar-refractivity contribution in [1.29, 1.82) is 0 Å². The molecule has 0 fully saturated rings. The number of para-hydroxylation sites is 2. The summed E-state index contributed by atoms with van der Waals surface area (Å²) in [6.45, 7) is 11.6. The summed E-state index contributed by atoms with van der Waals surface area (Å²) >= 11 is 0. The molecule has 40 heavy (non-hydrogen) atoms. The van der Waals surface area contributed by atoms with Crippen LogP contribution >= 0.6 is 0 Å². The van der Waals surface area contributed by atoms with Gasteiger partial charge in [-0.1, -0.05) is 37.4 Å². The van der Waals surface area contributed by atoms with Gasteiger partial charge in [-0.3, -0.25) is 9.59 Å². The minimum absolute atomic E-state index is 0.272. The molecule has 2 aromatic carbocycles. The number of aldehydes is 2. The summed E-state index contributed by atoms with van der Waals surface area (Å²) in [7, 11) is 0. The van der Waals surface area contributed by atoms with Gasteiger partial charge in [0.25, 0.3) is 0 Å². The third-order valence-corrected chi connectivity index (χ3v) is 5.05. The number of hydrogen-bond donors (Lipinski definition) is 0. The first-order chi connectivity index (χ1) is 19.7. The molecule has 0 bridgehead atoms. The highest BCUT2D eigenvalue weighted by Gasteiger charge is 2.11. The predicted octanol–water partition coefficient (Wildman–Crippen LogP) is 3.97. The zero-order valence-corrected chi connectivity index (χ0v) is 22.8. The van der Waals surface area contributed by atoms with Crippen molar-refractivity contribution in [3.63, 3.8) is 0 Å². The molecule has 0 saturated carbocycles. The van der Waals surface area contributed by atoms with Crippen LogP contribution in [0.2, 0.25) is 0 Å². The van der Waals surface area contributed by atoms with Crippen LogP contribution in [0.25, 0.3) is 0 Å². The van der Waals surface area contributed by atoms with E-state index >= 15 is 0 Å². The molecule has 0 spiro atoms. The van der Waals surface area contributed by atoms with Gasteiger partial charge in [-0.2, -0.15) is 0 Å². The van der Waals surface area contributed by atoms with E-state index in [1.807, 2.05) is 0 Å². The molecular formula is C30H38O10. The number of benzene rings is 2. The van der Waals surface area contributed by atoms with Gasteiger partial charge in [-0.25, -0.2) is 0 Å². The van der Waals surface area contributed by atoms with Gasteiger partial charge < -0.3 is 37.9 Å². The smallest absolute Gasteiger partial charge is 0.172 e. The van der Waals surface area contributed by atoms with Crippen LogP contribution in [0.1, 0.15) is 20.7 Å². The van der Waals surface area contributed by atoms with E-state index in [4.69, 9.17) is 37.9 Å². The van der Waals surface area contributed by atoms with Gasteiger partial charge in [-0.15, -0.1) is 0 Å². The average Bonchev–Trinajstić information content (AvgIpc) is 2.98. The minimum Gasteiger partial charge on any atom is -0.487 e. The minimum atomic E-state index is 0.272. The lowest BCUT2D eigenvalue weighted by Gasteiger charge is -2.14. The van der Waals surface area contributed by atoms with Crippen molar-refractivity contribution in [2.24, 2.45) is 0 Å². The molecule has 0 unspecified atom stereocenters. The first kappa shape index (κ1) is 32.5. The lowest BCUT2D eigenvalue weighted by Crippen LogP contribution is -2.15. The Morgan fingerprint density at radius 3 is 1.18 bits per heavy atom. The van der Waals surface area contributed by atoms with Gasteiger partial charge in [0.15, 0.2) is 35.6 Å². The Bertz CT molecular complexity index is 942. The van der Waals surface area contributed by atoms with Gasteiger partial charge in [0.2, 0.25) is 0 Å². The molecule has 0 radical (unpaired) electrons. The summed E-state index contributed by atoms with van der Waals surface area (Å²) in [5.74, 6) is 1.74. The average molecular weight is 559 g/mol. The van der Waals surface area contributed by atoms with E-state index in [1.165, 1.54) is 0 Å². The lowest BCUT2D eigenvalue weighted by molar-refractivity contribution is -0.00711. The van der Waals surface area contributed by atoms with Crippen molar-refractivity contribution in [2.45, 2.75) is 0 Å². The second-order valence-corrected chi connectivity index (χ2v) is 7.93. The monoisotopic (exact) mass is 558 g/mol. The summed E-state index contributed by atoms with van der Waals surface area (Å²) in [5.41, 5.74) is 0.831. The molecular weight excluding hydrogens is 520 g/mol. The quantitative estimate of drug-likeness (QED) is 0.101. The van der Waals surface area contributed by atoms with Gasteiger partial charge in [0.05, 0.1) is 64.0 Å². The molecule has 0 aromatic heterocycles. The van der Waals surface area contributed by atoms with Crippen LogP contribution in [-0.2, 0) is 18.9 Å². The van der Waals surface area contributed by atoms with E-state index in [9.17, 15) is 9.59 Å². The van der Waals surface area contributed by atoms with E-state index < -0.39 is 0 Å². The molecule has 0 amide bonds. The van der Waals surface area contributed by atoms with Gasteiger partial charge in [0, 0.05) is 0 Å². The van der Waals surface area contributed by atoms with E-state index in [0.29, 0.717) is 100 Å². The van der Waals surface area contributed by atoms with Gasteiger partial charge in [-0.05, 0) is 24.3 Å². The summed E-state index contributed by atoms with van der Waals surface area (Å²) in [6, 6.07) is 10.3. The number of hydrogen-bond acceptors (Lipinski definition) is 10. The van der Waals surface area contributed by atoms with Crippen LogP contribution < -0.4 is 18.9 Å². The molecule has 2 aromatic rings. The molecule has 0 aliphatic rings. The summed E-state index contributed by atoms with van der Waals surface area (Å²) in [4.78, 5) is 22.4. The zero-order chi connectivity index (χ0) is 28.7. The van der Waals surface area contributed by atoms with E-state index in [0.717, 1.165) is 12.6 Å². The standard InChI is InChI=1S/C30H38O10/c1-3-11-39-29-25(23-31)7-5-9-27(29)37-21-19-35-17-15-33-13-14-34-16-18-36-20-22-38-28-10-6-8-26(24-32)30(28)40-12-4-2/h3-10,23-24H,1-2,11-22H2. The Hall–Kier alpha value is -3.70. The van der Waals surface area contributed by atoms with Crippen molar-refractivity contribution in [3.05, 3.63) is 72.8 Å². The first-order valence-corrected chi connectivity index (χ1v) is 13.0. The first-order valence-electron chi connectivity index (χ1n) is 13.0. The summed E-state index contributed by atoms with van der Waals surface area (Å²) in [6.07, 6.45) is 4.65. The fraction of sp³-hybridized carbons (Fsp3) is 0.400. The highest BCUT2D eigenvalue weighted by molar-refractivity contribution is 5.81. The van der Waals surface area contributed by atoms with Crippen molar-refractivity contribution < 1.29 is 47.5 Å². The Kier molecular flexibility index (Phi) is 17.2. The van der Waals surface area contributed by atoms with E-state index in [1.54, 1.807) is 48.6 Å². The van der Waals surface area contributed by atoms with Crippen molar-refractivity contribution in [1.82, 2.24) is 0 Å². The predicted molar refractivity (Wildman–Crippen MR) is 149 cm³/mol. The van der Waals surface area contributed by atoms with Crippen molar-refractivity contribution in [2.75, 3.05) is 79.3 Å². The molecule has 10 heteroatoms. The Morgan fingerprint density at radius 1 is 0.500 bits per heavy atom. The maximum atomic E-state index is 11.2. The molecule has 2 rings (SSSR count). The maximum Gasteiger partial charge on any atom is 0.172 e. The summed E-state index contributed by atoms with van der Waals surface area (Å²) in [5, 5.41) is 0. The molecule has 0 saturated heterocycles. The fourth-order valence-corrected chi connectivity index (χ4v) is 3.25. The van der Waals surface area contributed by atoms with Crippen LogP contribution in [-0.4, -0.2) is 91.9 Å². The third kappa shape index (κ3) is 12.4. The van der Waals surface area contributed by atoms with Crippen molar-refractivity contribution >= 4 is 12.6 Å². The molecule has 10 nitrogen and oxygen atoms in total. The molecule has 0 aliphatic carbocycles. The molecule has 0 atom stereocenters. The second-order valence-electron chi connectivity index (χ2n) is 7.93. The molecule has 0 aliphatic heterocycles. The van der Waals surface area contributed by atoms with Crippen molar-refractivity contribution in [3.8, 4) is 23.0 Å². The maximum absolute atomic E-state index is 11.2. The van der Waals surface area contributed by atoms with Crippen LogP contribution in [0.4, 0.5) is 0 Å². The van der Waals surface area contributed by atoms with Crippen LogP contribution in [0, 0.1) is 0 Å². The highest BCUT2D eigenvalue weighted by Crippen LogP contribution is 2.31. The summed E-state index contributed by atoms with van der Waals surface area (Å²) < 4.78 is 44.4. The third-order valence-electron chi connectivity index (χ3n) is 5.05. The number of carbonyl (C=O) groups is 2. The van der Waals surface area contributed by atoms with E-state index in [2.05, 4.69) is 13.2 Å². The fourth-order valence-electron chi connectivity index (χ4n) is 3.25. The lowest BCUT2D eigenvalue weighted by atomic mass is 10.2. The largest absolute Gasteiger partial charge is 0.487 e. The van der Waals surface area contributed by atoms with Crippen LogP contribution in [0.3, 0.4) is 0 Å². The zero-order valence-electron chi connectivity index (χ0n) is 22.8. The topological polar surface area (TPSA) is 108 Å². The number of rotatable bonds is 25. The van der Waals surface area contributed by atoms with Crippen LogP contribution in [0.15, 0.2) is 61.7 Å². The molecule has 0 heterocycles. The van der Waals surface area contributed by atoms with Gasteiger partial charge >= 0.3 is 0 Å². The SMILES string of the molecule is C=CCOc1c(C=O)cccc1OCCOCCOCCOCCOCCOc1cccc(C=O)c1OCC=C.